The molecule has 124 valence electrons. The minimum Gasteiger partial charge on any atom is -0.495 e. The van der Waals surface area contributed by atoms with E-state index in [1.54, 1.807) is 30.3 Å². The van der Waals surface area contributed by atoms with Gasteiger partial charge in [-0.15, -0.1) is 0 Å². The lowest BCUT2D eigenvalue weighted by Gasteiger charge is -2.23. The van der Waals surface area contributed by atoms with E-state index in [0.29, 0.717) is 35.9 Å². The number of nitrogens with zero attached hydrogens (tertiary/aromatic N) is 2. The van der Waals surface area contributed by atoms with Crippen LogP contribution in [-0.4, -0.2) is 25.5 Å². The van der Waals surface area contributed by atoms with Crippen LogP contribution < -0.4 is 15.0 Å². The van der Waals surface area contributed by atoms with Gasteiger partial charge in [-0.1, -0.05) is 18.2 Å². The number of methoxy groups -OCH3 is 1. The zero-order valence-corrected chi connectivity index (χ0v) is 13.3. The fourth-order valence-corrected chi connectivity index (χ4v) is 2.62. The second-order valence-electron chi connectivity index (χ2n) is 5.35. The summed E-state index contributed by atoms with van der Waals surface area (Å²) in [7, 11) is 1.54. The molecule has 0 aromatic heterocycles. The summed E-state index contributed by atoms with van der Waals surface area (Å²) in [6.07, 6.45) is 1.55. The molecule has 0 atom stereocenters. The number of benzene rings is 2. The molecular formula is C18H18FN3O2. The van der Waals surface area contributed by atoms with Crippen LogP contribution in [0.25, 0.3) is 0 Å². The Hall–Kier alpha value is -2.89. The summed E-state index contributed by atoms with van der Waals surface area (Å²) < 4.78 is 18.9. The standard InChI is InChI=1S/C18H18FN3O2/c1-24-16-9-3-2-8-15(16)21-18(23)22(17-10-5-11-20-17)14-7-4-6-13(19)12-14/h2-4,6-9,12H,5,10-11H2,1H3,(H,21,23). The molecule has 24 heavy (non-hydrogen) atoms. The van der Waals surface area contributed by atoms with E-state index in [9.17, 15) is 9.18 Å². The molecule has 5 nitrogen and oxygen atoms in total. The molecule has 0 radical (unpaired) electrons. The fourth-order valence-electron chi connectivity index (χ4n) is 2.62. The van der Waals surface area contributed by atoms with Crippen molar-refractivity contribution in [2.24, 2.45) is 4.99 Å². The minimum atomic E-state index is -0.402. The number of hydrogen-bond donors (Lipinski definition) is 1. The number of para-hydroxylation sites is 2. The van der Waals surface area contributed by atoms with Gasteiger partial charge in [0.05, 0.1) is 18.5 Å². The van der Waals surface area contributed by atoms with Crippen molar-refractivity contribution in [1.29, 1.82) is 0 Å². The predicted octanol–water partition coefficient (Wildman–Crippen LogP) is 4.07. The minimum absolute atomic E-state index is 0.397. The number of nitrogens with one attached hydrogen (secondary N) is 1. The summed E-state index contributed by atoms with van der Waals surface area (Å²) >= 11 is 0. The molecule has 1 aliphatic rings. The molecule has 2 amide bonds. The summed E-state index contributed by atoms with van der Waals surface area (Å²) in [5.74, 6) is 0.785. The lowest BCUT2D eigenvalue weighted by molar-refractivity contribution is 0.259. The average Bonchev–Trinajstić information content (AvgIpc) is 3.09. The zero-order valence-electron chi connectivity index (χ0n) is 13.3. The van der Waals surface area contributed by atoms with E-state index in [1.165, 1.54) is 24.1 Å². The molecule has 3 rings (SSSR count). The summed E-state index contributed by atoms with van der Waals surface area (Å²) in [5, 5.41) is 2.82. The number of rotatable bonds is 3. The van der Waals surface area contributed by atoms with Crippen LogP contribution in [0.15, 0.2) is 53.5 Å². The molecule has 0 fully saturated rings. The second kappa shape index (κ2) is 7.12. The number of carbonyl (C=O) groups excluding carboxylic acids is 1. The molecule has 1 aliphatic heterocycles. The van der Waals surface area contributed by atoms with Crippen molar-refractivity contribution in [2.45, 2.75) is 12.8 Å². The molecule has 0 bridgehead atoms. The number of carbonyl (C=O) groups is 1. The van der Waals surface area contributed by atoms with Crippen molar-refractivity contribution >= 4 is 23.2 Å². The SMILES string of the molecule is COc1ccccc1NC(=O)N(C1=NCCC1)c1cccc(F)c1. The van der Waals surface area contributed by atoms with Gasteiger partial charge in [-0.3, -0.25) is 9.89 Å². The van der Waals surface area contributed by atoms with Gasteiger partial charge in [0.15, 0.2) is 0 Å². The molecule has 2 aromatic carbocycles. The van der Waals surface area contributed by atoms with Crippen LogP contribution in [0.4, 0.5) is 20.6 Å². The fraction of sp³-hybridized carbons (Fsp3) is 0.222. The summed E-state index contributed by atoms with van der Waals surface area (Å²) in [6, 6.07) is 12.7. The summed E-state index contributed by atoms with van der Waals surface area (Å²) in [5.41, 5.74) is 0.994. The Morgan fingerprint density at radius 2 is 2.08 bits per heavy atom. The van der Waals surface area contributed by atoms with Crippen LogP contribution in [0, 0.1) is 5.82 Å². The highest BCUT2D eigenvalue weighted by Crippen LogP contribution is 2.26. The van der Waals surface area contributed by atoms with Gasteiger partial charge >= 0.3 is 6.03 Å². The highest BCUT2D eigenvalue weighted by atomic mass is 19.1. The molecule has 2 aromatic rings. The topological polar surface area (TPSA) is 53.9 Å². The van der Waals surface area contributed by atoms with E-state index in [0.717, 1.165) is 6.42 Å². The van der Waals surface area contributed by atoms with Crippen LogP contribution in [0.2, 0.25) is 0 Å². The van der Waals surface area contributed by atoms with Gasteiger partial charge < -0.3 is 10.1 Å². The van der Waals surface area contributed by atoms with Gasteiger partial charge in [-0.2, -0.15) is 0 Å². The number of anilines is 2. The van der Waals surface area contributed by atoms with E-state index in [4.69, 9.17) is 4.74 Å². The normalized spacial score (nSPS) is 13.3. The molecular weight excluding hydrogens is 309 g/mol. The van der Waals surface area contributed by atoms with E-state index in [1.807, 2.05) is 6.07 Å². The Labute approximate surface area is 139 Å². The van der Waals surface area contributed by atoms with Gasteiger partial charge in [0.25, 0.3) is 0 Å². The predicted molar refractivity (Wildman–Crippen MR) is 92.4 cm³/mol. The van der Waals surface area contributed by atoms with Crippen LogP contribution in [0.1, 0.15) is 12.8 Å². The largest absolute Gasteiger partial charge is 0.495 e. The first kappa shape index (κ1) is 16.0. The Kier molecular flexibility index (Phi) is 4.74. The number of halogens is 1. The monoisotopic (exact) mass is 327 g/mol. The summed E-state index contributed by atoms with van der Waals surface area (Å²) in [4.78, 5) is 18.6. The van der Waals surface area contributed by atoms with Crippen molar-refractivity contribution < 1.29 is 13.9 Å². The van der Waals surface area contributed by atoms with Crippen molar-refractivity contribution in [1.82, 2.24) is 0 Å². The van der Waals surface area contributed by atoms with Gasteiger partial charge in [0, 0.05) is 13.0 Å². The van der Waals surface area contributed by atoms with E-state index in [2.05, 4.69) is 10.3 Å². The molecule has 1 heterocycles. The number of amidine groups is 1. The molecule has 0 unspecified atom stereocenters. The van der Waals surface area contributed by atoms with Crippen molar-refractivity contribution in [3.63, 3.8) is 0 Å². The lowest BCUT2D eigenvalue weighted by atomic mass is 10.2. The maximum atomic E-state index is 13.6. The summed E-state index contributed by atoms with van der Waals surface area (Å²) in [6.45, 7) is 0.670. The first-order valence-corrected chi connectivity index (χ1v) is 7.72. The molecule has 6 heteroatoms. The third-order valence-electron chi connectivity index (χ3n) is 3.73. The van der Waals surface area contributed by atoms with Crippen molar-refractivity contribution in [2.75, 3.05) is 23.9 Å². The van der Waals surface area contributed by atoms with E-state index < -0.39 is 11.8 Å². The number of urea groups is 1. The van der Waals surface area contributed by atoms with Gasteiger partial charge in [0.2, 0.25) is 0 Å². The molecule has 1 N–H and O–H groups in total. The van der Waals surface area contributed by atoms with Crippen LogP contribution in [0.5, 0.6) is 5.75 Å². The number of ether oxygens (including phenoxy) is 1. The van der Waals surface area contributed by atoms with E-state index in [-0.39, 0.29) is 0 Å². The molecule has 0 aliphatic carbocycles. The Morgan fingerprint density at radius 3 is 2.79 bits per heavy atom. The number of aliphatic imine (C=N–C) groups is 1. The highest BCUT2D eigenvalue weighted by molar-refractivity contribution is 6.20. The van der Waals surface area contributed by atoms with Crippen molar-refractivity contribution in [3.8, 4) is 5.75 Å². The molecule has 0 saturated carbocycles. The first-order valence-electron chi connectivity index (χ1n) is 7.72. The quantitative estimate of drug-likeness (QED) is 0.924. The third kappa shape index (κ3) is 3.37. The number of hydrogen-bond acceptors (Lipinski definition) is 3. The Morgan fingerprint density at radius 1 is 1.25 bits per heavy atom. The Bertz CT molecular complexity index is 776. The van der Waals surface area contributed by atoms with Gasteiger partial charge in [-0.25, -0.2) is 9.18 Å². The Balaban J connectivity index is 1.92. The maximum absolute atomic E-state index is 13.6. The molecule has 0 saturated heterocycles. The smallest absolute Gasteiger partial charge is 0.331 e. The molecule has 0 spiro atoms. The van der Waals surface area contributed by atoms with Crippen LogP contribution in [0.3, 0.4) is 0 Å². The van der Waals surface area contributed by atoms with Gasteiger partial charge in [-0.05, 0) is 36.8 Å². The van der Waals surface area contributed by atoms with Gasteiger partial charge in [0.1, 0.15) is 17.4 Å². The van der Waals surface area contributed by atoms with Crippen LogP contribution in [-0.2, 0) is 0 Å². The average molecular weight is 327 g/mol. The highest BCUT2D eigenvalue weighted by Gasteiger charge is 2.24. The van der Waals surface area contributed by atoms with Crippen molar-refractivity contribution in [3.05, 3.63) is 54.3 Å². The van der Waals surface area contributed by atoms with E-state index >= 15 is 0 Å². The maximum Gasteiger partial charge on any atom is 0.331 e. The van der Waals surface area contributed by atoms with Crippen LogP contribution >= 0.6 is 0 Å². The second-order valence-corrected chi connectivity index (χ2v) is 5.35. The first-order chi connectivity index (χ1) is 11.7. The zero-order chi connectivity index (χ0) is 16.9. The lowest BCUT2D eigenvalue weighted by Crippen LogP contribution is -2.39. The number of amides is 2. The third-order valence-corrected chi connectivity index (χ3v) is 3.73.